The Morgan fingerprint density at radius 2 is 1.84 bits per heavy atom. The Bertz CT molecular complexity index is 393. The van der Waals surface area contributed by atoms with E-state index in [1.807, 2.05) is 32.9 Å². The van der Waals surface area contributed by atoms with Gasteiger partial charge in [-0.2, -0.15) is 0 Å². The lowest BCUT2D eigenvalue weighted by atomic mass is 10.1. The predicted molar refractivity (Wildman–Crippen MR) is 84.8 cm³/mol. The normalized spacial score (nSPS) is 11.4. The van der Waals surface area contributed by atoms with Gasteiger partial charge in [-0.25, -0.2) is 4.79 Å². The maximum Gasteiger partial charge on any atom is 0.338 e. The van der Waals surface area contributed by atoms with E-state index in [9.17, 15) is 4.79 Å². The lowest BCUT2D eigenvalue weighted by molar-refractivity contribution is 0.00694. The van der Waals surface area contributed by atoms with Gasteiger partial charge >= 0.3 is 5.97 Å². The molecule has 0 saturated heterocycles. The SMILES string of the molecule is CC(C)(C)OC(=O)c1ccc(COCCCI)cc1. The van der Waals surface area contributed by atoms with Crippen LogP contribution < -0.4 is 0 Å². The number of alkyl halides is 1. The van der Waals surface area contributed by atoms with Crippen LogP contribution in [-0.2, 0) is 16.1 Å². The molecule has 0 aliphatic heterocycles. The first kappa shape index (κ1) is 16.4. The minimum Gasteiger partial charge on any atom is -0.456 e. The molecule has 106 valence electrons. The lowest BCUT2D eigenvalue weighted by Gasteiger charge is -2.19. The molecular formula is C15H21IO3. The van der Waals surface area contributed by atoms with Crippen LogP contribution in [0.25, 0.3) is 0 Å². The van der Waals surface area contributed by atoms with E-state index in [1.54, 1.807) is 12.1 Å². The third-order valence-electron chi connectivity index (χ3n) is 2.28. The Morgan fingerprint density at radius 1 is 1.21 bits per heavy atom. The van der Waals surface area contributed by atoms with Crippen LogP contribution in [0.15, 0.2) is 24.3 Å². The van der Waals surface area contributed by atoms with Crippen molar-refractivity contribution in [2.24, 2.45) is 0 Å². The highest BCUT2D eigenvalue weighted by molar-refractivity contribution is 14.1. The van der Waals surface area contributed by atoms with Gasteiger partial charge in [0.1, 0.15) is 5.60 Å². The summed E-state index contributed by atoms with van der Waals surface area (Å²) in [5.41, 5.74) is 1.19. The van der Waals surface area contributed by atoms with E-state index in [-0.39, 0.29) is 5.97 Å². The molecule has 0 N–H and O–H groups in total. The van der Waals surface area contributed by atoms with Gasteiger partial charge in [0.25, 0.3) is 0 Å². The first-order chi connectivity index (χ1) is 8.92. The molecule has 4 heteroatoms. The summed E-state index contributed by atoms with van der Waals surface area (Å²) in [5, 5.41) is 0. The molecule has 3 nitrogen and oxygen atoms in total. The molecule has 0 spiro atoms. The van der Waals surface area contributed by atoms with E-state index < -0.39 is 5.60 Å². The van der Waals surface area contributed by atoms with Crippen LogP contribution in [0.1, 0.15) is 43.1 Å². The van der Waals surface area contributed by atoms with Crippen LogP contribution in [0.2, 0.25) is 0 Å². The molecule has 0 fully saturated rings. The minimum atomic E-state index is -0.460. The molecule has 0 bridgehead atoms. The van der Waals surface area contributed by atoms with Crippen LogP contribution in [0.3, 0.4) is 0 Å². The molecule has 0 unspecified atom stereocenters. The number of ether oxygens (including phenoxy) is 2. The van der Waals surface area contributed by atoms with E-state index in [2.05, 4.69) is 22.6 Å². The van der Waals surface area contributed by atoms with Gasteiger partial charge in [-0.05, 0) is 44.9 Å². The van der Waals surface area contributed by atoms with Crippen LogP contribution in [0.4, 0.5) is 0 Å². The second kappa shape index (κ2) is 7.85. The zero-order chi connectivity index (χ0) is 14.3. The largest absolute Gasteiger partial charge is 0.456 e. The summed E-state index contributed by atoms with van der Waals surface area (Å²) < 4.78 is 11.9. The van der Waals surface area contributed by atoms with Crippen LogP contribution >= 0.6 is 22.6 Å². The first-order valence-corrected chi connectivity index (χ1v) is 7.91. The van der Waals surface area contributed by atoms with Crippen molar-refractivity contribution in [2.45, 2.75) is 39.4 Å². The zero-order valence-electron chi connectivity index (χ0n) is 11.7. The molecule has 0 aliphatic carbocycles. The van der Waals surface area contributed by atoms with Crippen molar-refractivity contribution >= 4 is 28.6 Å². The highest BCUT2D eigenvalue weighted by Crippen LogP contribution is 2.13. The van der Waals surface area contributed by atoms with Crippen molar-refractivity contribution in [2.75, 3.05) is 11.0 Å². The summed E-state index contributed by atoms with van der Waals surface area (Å²) in [6.45, 7) is 6.95. The van der Waals surface area contributed by atoms with Gasteiger partial charge in [0, 0.05) is 11.0 Å². The molecule has 0 aliphatic rings. The predicted octanol–water partition coefficient (Wildman–Crippen LogP) is 3.98. The van der Waals surface area contributed by atoms with Crippen LogP contribution in [0.5, 0.6) is 0 Å². The average molecular weight is 376 g/mol. The third kappa shape index (κ3) is 6.92. The van der Waals surface area contributed by atoms with Gasteiger partial charge in [-0.1, -0.05) is 34.7 Å². The number of hydrogen-bond acceptors (Lipinski definition) is 3. The smallest absolute Gasteiger partial charge is 0.338 e. The molecule has 19 heavy (non-hydrogen) atoms. The molecule has 1 aromatic carbocycles. The van der Waals surface area contributed by atoms with Gasteiger partial charge in [0.05, 0.1) is 12.2 Å². The number of halogens is 1. The molecule has 1 rings (SSSR count). The fraction of sp³-hybridized carbons (Fsp3) is 0.533. The number of carbonyl (C=O) groups excluding carboxylic acids is 1. The highest BCUT2D eigenvalue weighted by Gasteiger charge is 2.17. The second-order valence-corrected chi connectivity index (χ2v) is 6.37. The van der Waals surface area contributed by atoms with Gasteiger partial charge in [-0.15, -0.1) is 0 Å². The molecule has 0 atom stereocenters. The second-order valence-electron chi connectivity index (χ2n) is 5.29. The van der Waals surface area contributed by atoms with E-state index >= 15 is 0 Å². The van der Waals surface area contributed by atoms with E-state index in [0.29, 0.717) is 12.2 Å². The number of hydrogen-bond donors (Lipinski definition) is 0. The minimum absolute atomic E-state index is 0.287. The van der Waals surface area contributed by atoms with Gasteiger partial charge < -0.3 is 9.47 Å². The van der Waals surface area contributed by atoms with Crippen molar-refractivity contribution in [1.82, 2.24) is 0 Å². The number of esters is 1. The number of carbonyl (C=O) groups is 1. The van der Waals surface area contributed by atoms with Crippen LogP contribution in [-0.4, -0.2) is 22.6 Å². The van der Waals surface area contributed by atoms with Crippen molar-refractivity contribution in [3.63, 3.8) is 0 Å². The summed E-state index contributed by atoms with van der Waals surface area (Å²) in [7, 11) is 0. The Morgan fingerprint density at radius 3 is 2.37 bits per heavy atom. The molecule has 0 radical (unpaired) electrons. The molecule has 1 aromatic rings. The summed E-state index contributed by atoms with van der Waals surface area (Å²) in [4.78, 5) is 11.8. The average Bonchev–Trinajstić information content (AvgIpc) is 2.33. The summed E-state index contributed by atoms with van der Waals surface area (Å²) in [5.74, 6) is -0.287. The summed E-state index contributed by atoms with van der Waals surface area (Å²) in [6.07, 6.45) is 1.07. The molecular weight excluding hydrogens is 355 g/mol. The van der Waals surface area contributed by atoms with Crippen molar-refractivity contribution in [1.29, 1.82) is 0 Å². The maximum absolute atomic E-state index is 11.8. The van der Waals surface area contributed by atoms with E-state index in [4.69, 9.17) is 9.47 Å². The third-order valence-corrected chi connectivity index (χ3v) is 3.04. The van der Waals surface area contributed by atoms with E-state index in [1.165, 1.54) is 0 Å². The highest BCUT2D eigenvalue weighted by atomic mass is 127. The fourth-order valence-electron chi connectivity index (χ4n) is 1.42. The van der Waals surface area contributed by atoms with Crippen molar-refractivity contribution in [3.05, 3.63) is 35.4 Å². The molecule has 0 heterocycles. The van der Waals surface area contributed by atoms with E-state index in [0.717, 1.165) is 23.0 Å². The zero-order valence-corrected chi connectivity index (χ0v) is 13.9. The quantitative estimate of drug-likeness (QED) is 0.326. The molecule has 0 aromatic heterocycles. The van der Waals surface area contributed by atoms with Crippen molar-refractivity contribution < 1.29 is 14.3 Å². The Balaban J connectivity index is 2.49. The summed E-state index contributed by atoms with van der Waals surface area (Å²) in [6, 6.07) is 7.38. The maximum atomic E-state index is 11.8. The standard InChI is InChI=1S/C15H21IO3/c1-15(2,3)19-14(17)13-7-5-12(6-8-13)11-18-10-4-9-16/h5-8H,4,9-11H2,1-3H3. The Kier molecular flexibility index (Phi) is 6.79. The Hall–Kier alpha value is -0.620. The van der Waals surface area contributed by atoms with Crippen molar-refractivity contribution in [3.8, 4) is 0 Å². The first-order valence-electron chi connectivity index (χ1n) is 6.38. The topological polar surface area (TPSA) is 35.5 Å². The van der Waals surface area contributed by atoms with Gasteiger partial charge in [0.15, 0.2) is 0 Å². The van der Waals surface area contributed by atoms with Gasteiger partial charge in [-0.3, -0.25) is 0 Å². The Labute approximate surface area is 128 Å². The molecule has 0 saturated carbocycles. The fourth-order valence-corrected chi connectivity index (χ4v) is 1.73. The monoisotopic (exact) mass is 376 g/mol. The number of rotatable bonds is 6. The van der Waals surface area contributed by atoms with Crippen LogP contribution in [0, 0.1) is 0 Å². The van der Waals surface area contributed by atoms with Gasteiger partial charge in [0.2, 0.25) is 0 Å². The summed E-state index contributed by atoms with van der Waals surface area (Å²) >= 11 is 2.33. The number of benzene rings is 1. The lowest BCUT2D eigenvalue weighted by Crippen LogP contribution is -2.23. The molecule has 0 amide bonds.